The van der Waals surface area contributed by atoms with Gasteiger partial charge in [-0.15, -0.1) is 6.58 Å². The van der Waals surface area contributed by atoms with Crippen LogP contribution in [0.3, 0.4) is 0 Å². The maximum absolute atomic E-state index is 13.0. The van der Waals surface area contributed by atoms with Gasteiger partial charge in [0.1, 0.15) is 0 Å². The number of nitrogens with one attached hydrogen (secondary N) is 1. The van der Waals surface area contributed by atoms with Gasteiger partial charge in [0.2, 0.25) is 0 Å². The Morgan fingerprint density at radius 3 is 2.88 bits per heavy atom. The molecule has 1 aromatic rings. The van der Waals surface area contributed by atoms with Crippen molar-refractivity contribution in [3.05, 3.63) is 29.6 Å². The number of hydrogen-bond acceptors (Lipinski definition) is 4. The molecule has 1 amide bonds. The predicted octanol–water partition coefficient (Wildman–Crippen LogP) is 2.03. The topological polar surface area (TPSA) is 59.4 Å². The van der Waals surface area contributed by atoms with Gasteiger partial charge in [-0.3, -0.25) is 9.48 Å². The molecule has 6 heteroatoms. The Morgan fingerprint density at radius 1 is 1.42 bits per heavy atom. The molecule has 1 N–H and O–H groups in total. The van der Waals surface area contributed by atoms with Crippen molar-refractivity contribution < 1.29 is 9.53 Å². The standard InChI is InChI=1S/C20H32N4O2/c1-4-9-24-18-6-5-16(21-8-7-15(2)3)14-17(18)19(22-24)20(25)23-10-12-26-13-11-23/h4,15-16,21H,1,5-14H2,2-3H3. The summed E-state index contributed by atoms with van der Waals surface area (Å²) >= 11 is 0. The van der Waals surface area contributed by atoms with Crippen LogP contribution in [0.1, 0.15) is 48.4 Å². The molecule has 0 bridgehead atoms. The average Bonchev–Trinajstić information content (AvgIpc) is 3.00. The van der Waals surface area contributed by atoms with E-state index in [0.717, 1.165) is 31.4 Å². The Hall–Kier alpha value is -1.66. The first-order valence-electron chi connectivity index (χ1n) is 9.90. The maximum Gasteiger partial charge on any atom is 0.274 e. The molecule has 1 saturated heterocycles. The van der Waals surface area contributed by atoms with Gasteiger partial charge >= 0.3 is 0 Å². The summed E-state index contributed by atoms with van der Waals surface area (Å²) in [5.41, 5.74) is 2.99. The molecule has 144 valence electrons. The lowest BCUT2D eigenvalue weighted by molar-refractivity contribution is 0.0297. The quantitative estimate of drug-likeness (QED) is 0.756. The highest BCUT2D eigenvalue weighted by Crippen LogP contribution is 2.26. The highest BCUT2D eigenvalue weighted by atomic mass is 16.5. The van der Waals surface area contributed by atoms with E-state index >= 15 is 0 Å². The van der Waals surface area contributed by atoms with Gasteiger partial charge in [-0.2, -0.15) is 5.10 Å². The van der Waals surface area contributed by atoms with Crippen LogP contribution in [0.5, 0.6) is 0 Å². The number of morpholine rings is 1. The molecule has 3 rings (SSSR count). The minimum Gasteiger partial charge on any atom is -0.378 e. The van der Waals surface area contributed by atoms with Crippen LogP contribution in [-0.2, 0) is 24.1 Å². The van der Waals surface area contributed by atoms with E-state index in [2.05, 4.69) is 30.8 Å². The number of nitrogens with zero attached hydrogens (tertiary/aromatic N) is 3. The fraction of sp³-hybridized carbons (Fsp3) is 0.700. The van der Waals surface area contributed by atoms with Crippen LogP contribution in [0, 0.1) is 5.92 Å². The van der Waals surface area contributed by atoms with Crippen LogP contribution in [0.25, 0.3) is 0 Å². The molecule has 0 radical (unpaired) electrons. The number of aromatic nitrogens is 2. The molecule has 2 heterocycles. The first-order chi connectivity index (χ1) is 12.6. The van der Waals surface area contributed by atoms with E-state index in [-0.39, 0.29) is 5.91 Å². The number of carbonyl (C=O) groups is 1. The van der Waals surface area contributed by atoms with Gasteiger partial charge in [-0.1, -0.05) is 19.9 Å². The smallest absolute Gasteiger partial charge is 0.274 e. The molecule has 1 atom stereocenters. The molecule has 1 aliphatic carbocycles. The third-order valence-corrected chi connectivity index (χ3v) is 5.30. The Kier molecular flexibility index (Phi) is 6.48. The fourth-order valence-corrected chi connectivity index (χ4v) is 3.80. The number of allylic oxidation sites excluding steroid dienone is 1. The van der Waals surface area contributed by atoms with E-state index in [1.807, 2.05) is 15.7 Å². The molecule has 1 aromatic heterocycles. The summed E-state index contributed by atoms with van der Waals surface area (Å²) in [6.07, 6.45) is 5.98. The van der Waals surface area contributed by atoms with Crippen molar-refractivity contribution in [1.29, 1.82) is 0 Å². The van der Waals surface area contributed by atoms with E-state index in [9.17, 15) is 4.79 Å². The van der Waals surface area contributed by atoms with Crippen molar-refractivity contribution in [2.45, 2.75) is 52.1 Å². The second-order valence-corrected chi connectivity index (χ2v) is 7.73. The molecule has 2 aliphatic rings. The van der Waals surface area contributed by atoms with Gasteiger partial charge in [0.25, 0.3) is 5.91 Å². The Labute approximate surface area is 156 Å². The highest BCUT2D eigenvalue weighted by molar-refractivity contribution is 5.94. The molecular formula is C20H32N4O2. The van der Waals surface area contributed by atoms with Gasteiger partial charge in [0.15, 0.2) is 5.69 Å². The zero-order valence-electron chi connectivity index (χ0n) is 16.2. The van der Waals surface area contributed by atoms with E-state index in [1.54, 1.807) is 0 Å². The molecule has 0 saturated carbocycles. The van der Waals surface area contributed by atoms with E-state index < -0.39 is 0 Å². The SMILES string of the molecule is C=CCn1nc(C(=O)N2CCOCC2)c2c1CCC(NCCC(C)C)C2. The first-order valence-corrected chi connectivity index (χ1v) is 9.90. The third-order valence-electron chi connectivity index (χ3n) is 5.30. The Balaban J connectivity index is 1.77. The Morgan fingerprint density at radius 2 is 2.19 bits per heavy atom. The number of hydrogen-bond donors (Lipinski definition) is 1. The summed E-state index contributed by atoms with van der Waals surface area (Å²) in [5.74, 6) is 0.755. The monoisotopic (exact) mass is 360 g/mol. The highest BCUT2D eigenvalue weighted by Gasteiger charge is 2.31. The maximum atomic E-state index is 13.0. The summed E-state index contributed by atoms with van der Waals surface area (Å²) in [7, 11) is 0. The fourth-order valence-electron chi connectivity index (χ4n) is 3.80. The zero-order valence-corrected chi connectivity index (χ0v) is 16.2. The van der Waals surface area contributed by atoms with Crippen molar-refractivity contribution in [1.82, 2.24) is 20.0 Å². The van der Waals surface area contributed by atoms with Crippen molar-refractivity contribution in [2.75, 3.05) is 32.8 Å². The summed E-state index contributed by atoms with van der Waals surface area (Å²) < 4.78 is 7.35. The van der Waals surface area contributed by atoms with Gasteiger partial charge in [0.05, 0.1) is 19.8 Å². The molecular weight excluding hydrogens is 328 g/mol. The van der Waals surface area contributed by atoms with Crippen LogP contribution in [0.15, 0.2) is 12.7 Å². The van der Waals surface area contributed by atoms with Crippen LogP contribution in [0.4, 0.5) is 0 Å². The largest absolute Gasteiger partial charge is 0.378 e. The number of rotatable bonds is 7. The Bertz CT molecular complexity index is 632. The van der Waals surface area contributed by atoms with Crippen LogP contribution in [0.2, 0.25) is 0 Å². The molecule has 26 heavy (non-hydrogen) atoms. The first kappa shape index (κ1) is 19.1. The number of fused-ring (bicyclic) bond motifs is 1. The summed E-state index contributed by atoms with van der Waals surface area (Å²) in [5, 5.41) is 8.36. The molecule has 0 aromatic carbocycles. The lowest BCUT2D eigenvalue weighted by Crippen LogP contribution is -2.42. The minimum atomic E-state index is 0.0511. The second kappa shape index (κ2) is 8.82. The summed E-state index contributed by atoms with van der Waals surface area (Å²) in [6.45, 7) is 12.5. The van der Waals surface area contributed by atoms with Crippen LogP contribution >= 0.6 is 0 Å². The molecule has 1 fully saturated rings. The van der Waals surface area contributed by atoms with Gasteiger partial charge in [-0.05, 0) is 38.1 Å². The number of carbonyl (C=O) groups excluding carboxylic acids is 1. The zero-order chi connectivity index (χ0) is 18.5. The van der Waals surface area contributed by atoms with E-state index in [1.165, 1.54) is 12.1 Å². The summed E-state index contributed by atoms with van der Waals surface area (Å²) in [6, 6.07) is 0.430. The lowest BCUT2D eigenvalue weighted by atomic mass is 9.90. The van der Waals surface area contributed by atoms with Crippen molar-refractivity contribution in [3.63, 3.8) is 0 Å². The van der Waals surface area contributed by atoms with Crippen molar-refractivity contribution >= 4 is 5.91 Å². The number of amides is 1. The van der Waals surface area contributed by atoms with Crippen molar-refractivity contribution in [3.8, 4) is 0 Å². The molecule has 6 nitrogen and oxygen atoms in total. The van der Waals surface area contributed by atoms with Gasteiger partial charge in [0, 0.05) is 30.4 Å². The second-order valence-electron chi connectivity index (χ2n) is 7.73. The normalized spacial score (nSPS) is 20.3. The van der Waals surface area contributed by atoms with Crippen molar-refractivity contribution in [2.24, 2.45) is 5.92 Å². The average molecular weight is 361 g/mol. The molecule has 0 spiro atoms. The third kappa shape index (κ3) is 4.35. The van der Waals surface area contributed by atoms with E-state index in [4.69, 9.17) is 4.74 Å². The van der Waals surface area contributed by atoms with E-state index in [0.29, 0.717) is 50.5 Å². The minimum absolute atomic E-state index is 0.0511. The number of ether oxygens (including phenoxy) is 1. The molecule has 1 aliphatic heterocycles. The lowest BCUT2D eigenvalue weighted by Gasteiger charge is -2.28. The molecule has 1 unspecified atom stereocenters. The summed E-state index contributed by atoms with van der Waals surface area (Å²) in [4.78, 5) is 14.9. The predicted molar refractivity (Wildman–Crippen MR) is 102 cm³/mol. The van der Waals surface area contributed by atoms with Gasteiger partial charge < -0.3 is 15.0 Å². The van der Waals surface area contributed by atoms with Gasteiger partial charge in [-0.25, -0.2) is 0 Å². The van der Waals surface area contributed by atoms with Crippen LogP contribution < -0.4 is 5.32 Å². The van der Waals surface area contributed by atoms with Crippen LogP contribution in [-0.4, -0.2) is 59.5 Å².